The first-order valence-electron chi connectivity index (χ1n) is 8.12. The number of likely N-dealkylation sites (tertiary alicyclic amines) is 1. The molecule has 1 saturated heterocycles. The fourth-order valence-electron chi connectivity index (χ4n) is 3.15. The molecule has 1 aliphatic rings. The number of hydrogen-bond donors (Lipinski definition) is 1. The number of rotatable bonds is 5. The van der Waals surface area contributed by atoms with Crippen molar-refractivity contribution < 1.29 is 19.1 Å². The Balaban J connectivity index is 1.61. The monoisotopic (exact) mass is 328 g/mol. The molecule has 0 spiro atoms. The highest BCUT2D eigenvalue weighted by atomic mass is 16.4. The van der Waals surface area contributed by atoms with Crippen molar-refractivity contribution in [2.45, 2.75) is 26.2 Å². The van der Waals surface area contributed by atoms with E-state index < -0.39 is 5.97 Å². The third-order valence-corrected chi connectivity index (χ3v) is 4.46. The maximum atomic E-state index is 12.5. The van der Waals surface area contributed by atoms with E-state index in [9.17, 15) is 9.59 Å². The molecule has 24 heavy (non-hydrogen) atoms. The van der Waals surface area contributed by atoms with Crippen molar-refractivity contribution in [3.05, 3.63) is 53.2 Å². The van der Waals surface area contributed by atoms with E-state index in [1.165, 1.54) is 6.39 Å². The SMILES string of the molecule is CCc1ocnc1C(=O)N1CC[C@H](Cc2ccc(C(=O)O)cc2)C1. The first kappa shape index (κ1) is 16.2. The molecule has 0 aliphatic carbocycles. The first-order valence-corrected chi connectivity index (χ1v) is 8.12. The van der Waals surface area contributed by atoms with Gasteiger partial charge < -0.3 is 14.4 Å². The van der Waals surface area contributed by atoms with Crippen molar-refractivity contribution in [1.82, 2.24) is 9.88 Å². The molecule has 6 heteroatoms. The van der Waals surface area contributed by atoms with Crippen molar-refractivity contribution in [3.8, 4) is 0 Å². The van der Waals surface area contributed by atoms with Gasteiger partial charge >= 0.3 is 5.97 Å². The minimum Gasteiger partial charge on any atom is -0.478 e. The van der Waals surface area contributed by atoms with E-state index in [1.807, 2.05) is 24.0 Å². The molecular formula is C18H20N2O4. The number of benzene rings is 1. The number of nitrogens with zero attached hydrogens (tertiary/aromatic N) is 2. The minimum atomic E-state index is -0.918. The molecule has 2 aromatic rings. The van der Waals surface area contributed by atoms with Crippen molar-refractivity contribution in [1.29, 1.82) is 0 Å². The molecule has 1 N–H and O–H groups in total. The van der Waals surface area contributed by atoms with Crippen LogP contribution in [0.1, 0.15) is 45.5 Å². The van der Waals surface area contributed by atoms with Crippen molar-refractivity contribution in [2.24, 2.45) is 5.92 Å². The van der Waals surface area contributed by atoms with Gasteiger partial charge in [0.05, 0.1) is 5.56 Å². The molecule has 1 fully saturated rings. The molecule has 1 aromatic carbocycles. The highest BCUT2D eigenvalue weighted by Crippen LogP contribution is 2.23. The van der Waals surface area contributed by atoms with Crippen LogP contribution in [0.25, 0.3) is 0 Å². The van der Waals surface area contributed by atoms with Crippen LogP contribution < -0.4 is 0 Å². The van der Waals surface area contributed by atoms with Crippen LogP contribution in [0.2, 0.25) is 0 Å². The summed E-state index contributed by atoms with van der Waals surface area (Å²) in [5.41, 5.74) is 1.80. The Bertz CT molecular complexity index is 736. The van der Waals surface area contributed by atoms with Crippen LogP contribution in [0.4, 0.5) is 0 Å². The van der Waals surface area contributed by atoms with Gasteiger partial charge in [-0.1, -0.05) is 19.1 Å². The zero-order valence-electron chi connectivity index (χ0n) is 13.6. The molecule has 0 radical (unpaired) electrons. The van der Waals surface area contributed by atoms with E-state index in [4.69, 9.17) is 9.52 Å². The molecule has 2 heterocycles. The smallest absolute Gasteiger partial charge is 0.335 e. The Morgan fingerprint density at radius 1 is 1.33 bits per heavy atom. The number of hydrogen-bond acceptors (Lipinski definition) is 4. The van der Waals surface area contributed by atoms with Gasteiger partial charge in [-0.15, -0.1) is 0 Å². The topological polar surface area (TPSA) is 83.6 Å². The molecular weight excluding hydrogens is 308 g/mol. The average molecular weight is 328 g/mol. The number of aromatic nitrogens is 1. The number of oxazole rings is 1. The second-order valence-corrected chi connectivity index (χ2v) is 6.09. The lowest BCUT2D eigenvalue weighted by molar-refractivity contribution is 0.0696. The molecule has 1 aliphatic heterocycles. The zero-order chi connectivity index (χ0) is 17.1. The fraction of sp³-hybridized carbons (Fsp3) is 0.389. The number of aryl methyl sites for hydroxylation is 1. The third kappa shape index (κ3) is 3.32. The lowest BCUT2D eigenvalue weighted by atomic mass is 9.98. The van der Waals surface area contributed by atoms with Crippen molar-refractivity contribution in [2.75, 3.05) is 13.1 Å². The second kappa shape index (κ2) is 6.86. The number of amides is 1. The van der Waals surface area contributed by atoms with Crippen LogP contribution in [0.3, 0.4) is 0 Å². The average Bonchev–Trinajstić information content (AvgIpc) is 3.23. The Morgan fingerprint density at radius 3 is 2.75 bits per heavy atom. The van der Waals surface area contributed by atoms with Crippen molar-refractivity contribution >= 4 is 11.9 Å². The van der Waals surface area contributed by atoms with Gasteiger partial charge in [-0.2, -0.15) is 0 Å². The lowest BCUT2D eigenvalue weighted by Crippen LogP contribution is -2.29. The largest absolute Gasteiger partial charge is 0.478 e. The number of carboxylic acid groups (broad SMARTS) is 1. The predicted octanol–water partition coefficient (Wildman–Crippen LogP) is 2.64. The van der Waals surface area contributed by atoms with Gasteiger partial charge in [0.15, 0.2) is 12.1 Å². The normalized spacial score (nSPS) is 17.2. The van der Waals surface area contributed by atoms with Gasteiger partial charge in [-0.25, -0.2) is 9.78 Å². The number of carbonyl (C=O) groups is 2. The Hall–Kier alpha value is -2.63. The van der Waals surface area contributed by atoms with Gasteiger partial charge in [0, 0.05) is 19.5 Å². The summed E-state index contributed by atoms with van der Waals surface area (Å²) in [6.07, 6.45) is 3.74. The molecule has 1 aromatic heterocycles. The predicted molar refractivity (Wildman–Crippen MR) is 87.0 cm³/mol. The molecule has 0 unspecified atom stereocenters. The fourth-order valence-corrected chi connectivity index (χ4v) is 3.15. The van der Waals surface area contributed by atoms with Crippen LogP contribution in [0.5, 0.6) is 0 Å². The van der Waals surface area contributed by atoms with Gasteiger partial charge in [-0.3, -0.25) is 4.79 Å². The van der Waals surface area contributed by atoms with Gasteiger partial charge in [0.2, 0.25) is 0 Å². The summed E-state index contributed by atoms with van der Waals surface area (Å²) in [6.45, 7) is 3.34. The summed E-state index contributed by atoms with van der Waals surface area (Å²) >= 11 is 0. The van der Waals surface area contributed by atoms with Crippen molar-refractivity contribution in [3.63, 3.8) is 0 Å². The third-order valence-electron chi connectivity index (χ3n) is 4.46. The summed E-state index contributed by atoms with van der Waals surface area (Å²) in [5, 5.41) is 8.93. The summed E-state index contributed by atoms with van der Waals surface area (Å²) in [7, 11) is 0. The summed E-state index contributed by atoms with van der Waals surface area (Å²) in [6, 6.07) is 6.94. The first-order chi connectivity index (χ1) is 11.6. The number of carbonyl (C=O) groups excluding carboxylic acids is 1. The zero-order valence-corrected chi connectivity index (χ0v) is 13.6. The van der Waals surface area contributed by atoms with E-state index >= 15 is 0 Å². The van der Waals surface area contributed by atoms with Crippen LogP contribution in [-0.4, -0.2) is 40.0 Å². The summed E-state index contributed by atoms with van der Waals surface area (Å²) < 4.78 is 5.24. The van der Waals surface area contributed by atoms with Crippen LogP contribution >= 0.6 is 0 Å². The van der Waals surface area contributed by atoms with E-state index in [0.29, 0.717) is 42.4 Å². The van der Waals surface area contributed by atoms with E-state index in [-0.39, 0.29) is 5.91 Å². The Morgan fingerprint density at radius 2 is 2.08 bits per heavy atom. The van der Waals surface area contributed by atoms with Crippen LogP contribution in [0, 0.1) is 5.92 Å². The van der Waals surface area contributed by atoms with Gasteiger partial charge in [-0.05, 0) is 36.5 Å². The molecule has 1 amide bonds. The minimum absolute atomic E-state index is 0.0654. The van der Waals surface area contributed by atoms with E-state index in [2.05, 4.69) is 4.98 Å². The van der Waals surface area contributed by atoms with Crippen LogP contribution in [-0.2, 0) is 12.8 Å². The maximum absolute atomic E-state index is 12.5. The van der Waals surface area contributed by atoms with Gasteiger partial charge in [0.25, 0.3) is 5.91 Å². The number of carboxylic acids is 1. The maximum Gasteiger partial charge on any atom is 0.335 e. The lowest BCUT2D eigenvalue weighted by Gasteiger charge is -2.15. The molecule has 6 nitrogen and oxygen atoms in total. The van der Waals surface area contributed by atoms with E-state index in [1.54, 1.807) is 12.1 Å². The molecule has 126 valence electrons. The summed E-state index contributed by atoms with van der Waals surface area (Å²) in [5.74, 6) is 0.0252. The molecule has 0 bridgehead atoms. The molecule has 0 saturated carbocycles. The Labute approximate surface area is 140 Å². The molecule has 1 atom stereocenters. The van der Waals surface area contributed by atoms with Gasteiger partial charge in [0.1, 0.15) is 5.76 Å². The number of aromatic carboxylic acids is 1. The summed E-state index contributed by atoms with van der Waals surface area (Å²) in [4.78, 5) is 29.3. The standard InChI is InChI=1S/C18H20N2O4/c1-2-15-16(19-11-24-15)17(21)20-8-7-13(10-20)9-12-3-5-14(6-4-12)18(22)23/h3-6,11,13H,2,7-10H2,1H3,(H,22,23)/t13-/m1/s1. The highest BCUT2D eigenvalue weighted by molar-refractivity contribution is 5.93. The van der Waals surface area contributed by atoms with E-state index in [0.717, 1.165) is 18.4 Å². The Kier molecular flexibility index (Phi) is 4.64. The van der Waals surface area contributed by atoms with Crippen LogP contribution in [0.15, 0.2) is 35.1 Å². The molecule has 3 rings (SSSR count). The second-order valence-electron chi connectivity index (χ2n) is 6.09. The quantitative estimate of drug-likeness (QED) is 0.912. The highest BCUT2D eigenvalue weighted by Gasteiger charge is 2.29.